The number of aryl methyl sites for hydroxylation is 1. The number of rotatable bonds is 3. The molecule has 21 heavy (non-hydrogen) atoms. The van der Waals surface area contributed by atoms with Crippen LogP contribution in [0.25, 0.3) is 0 Å². The summed E-state index contributed by atoms with van der Waals surface area (Å²) in [5.74, 6) is 2.92. The van der Waals surface area contributed by atoms with Crippen LogP contribution in [0.2, 0.25) is 0 Å². The largest absolute Gasteiger partial charge is 0.356 e. The number of aromatic nitrogens is 1. The Bertz CT molecular complexity index is 452. The summed E-state index contributed by atoms with van der Waals surface area (Å²) < 4.78 is 0. The number of hydrogen-bond donors (Lipinski definition) is 0. The van der Waals surface area contributed by atoms with Gasteiger partial charge in [0.15, 0.2) is 0 Å². The molecule has 2 aliphatic rings. The van der Waals surface area contributed by atoms with E-state index < -0.39 is 0 Å². The van der Waals surface area contributed by atoms with Gasteiger partial charge in [-0.05, 0) is 75.2 Å². The van der Waals surface area contributed by atoms with Crippen LogP contribution in [-0.2, 0) is 0 Å². The van der Waals surface area contributed by atoms with E-state index >= 15 is 0 Å². The van der Waals surface area contributed by atoms with Crippen LogP contribution in [0.5, 0.6) is 0 Å². The van der Waals surface area contributed by atoms with E-state index in [4.69, 9.17) is 0 Å². The molecule has 0 amide bonds. The molecular formula is C18H29N3. The molecule has 2 saturated heterocycles. The number of pyridine rings is 1. The first kappa shape index (κ1) is 14.8. The first-order valence-corrected chi connectivity index (χ1v) is 8.60. The van der Waals surface area contributed by atoms with E-state index in [0.29, 0.717) is 0 Å². The normalized spacial score (nSPS) is 25.2. The topological polar surface area (TPSA) is 19.4 Å². The van der Waals surface area contributed by atoms with Crippen molar-refractivity contribution >= 4 is 5.82 Å². The van der Waals surface area contributed by atoms with Crippen molar-refractivity contribution in [1.82, 2.24) is 9.88 Å². The Hall–Kier alpha value is -1.09. The fourth-order valence-electron chi connectivity index (χ4n) is 3.73. The molecule has 0 spiro atoms. The Morgan fingerprint density at radius 2 is 2.00 bits per heavy atom. The second kappa shape index (κ2) is 6.78. The van der Waals surface area contributed by atoms with Gasteiger partial charge in [0.2, 0.25) is 0 Å². The number of likely N-dealkylation sites (tertiary alicyclic amines) is 1. The molecule has 0 N–H and O–H groups in total. The predicted octanol–water partition coefficient (Wildman–Crippen LogP) is 3.34. The minimum absolute atomic E-state index is 0.814. The van der Waals surface area contributed by atoms with Gasteiger partial charge in [0.05, 0.1) is 0 Å². The molecule has 3 heterocycles. The highest BCUT2D eigenvalue weighted by Gasteiger charge is 2.24. The summed E-state index contributed by atoms with van der Waals surface area (Å²) in [6, 6.07) is 4.31. The van der Waals surface area contributed by atoms with Gasteiger partial charge in [0, 0.05) is 25.8 Å². The SMILES string of the molecule is Cc1ccnc(N2CCCC(CN3CCC(C)CC3)C2)c1. The lowest BCUT2D eigenvalue weighted by Crippen LogP contribution is -2.43. The lowest BCUT2D eigenvalue weighted by atomic mass is 9.94. The Morgan fingerprint density at radius 1 is 1.19 bits per heavy atom. The third kappa shape index (κ3) is 3.97. The van der Waals surface area contributed by atoms with Gasteiger partial charge in [-0.15, -0.1) is 0 Å². The van der Waals surface area contributed by atoms with E-state index in [9.17, 15) is 0 Å². The molecule has 116 valence electrons. The van der Waals surface area contributed by atoms with E-state index in [2.05, 4.69) is 40.8 Å². The Morgan fingerprint density at radius 3 is 2.76 bits per heavy atom. The maximum atomic E-state index is 4.57. The molecule has 1 atom stereocenters. The fourth-order valence-corrected chi connectivity index (χ4v) is 3.73. The summed E-state index contributed by atoms with van der Waals surface area (Å²) in [6.07, 6.45) is 7.41. The van der Waals surface area contributed by atoms with Gasteiger partial charge in [-0.1, -0.05) is 6.92 Å². The molecule has 0 saturated carbocycles. The number of nitrogens with zero attached hydrogens (tertiary/aromatic N) is 3. The van der Waals surface area contributed by atoms with Crippen LogP contribution < -0.4 is 4.90 Å². The summed E-state index contributed by atoms with van der Waals surface area (Å²) in [6.45, 7) is 10.8. The molecule has 3 nitrogen and oxygen atoms in total. The van der Waals surface area contributed by atoms with Crippen LogP contribution in [-0.4, -0.2) is 42.6 Å². The van der Waals surface area contributed by atoms with E-state index in [-0.39, 0.29) is 0 Å². The standard InChI is InChI=1S/C18H29N3/c1-15-6-10-20(11-7-15)13-17-4-3-9-21(14-17)18-12-16(2)5-8-19-18/h5,8,12,15,17H,3-4,6-7,9-11,13-14H2,1-2H3. The van der Waals surface area contributed by atoms with Crippen LogP contribution in [0.4, 0.5) is 5.82 Å². The van der Waals surface area contributed by atoms with Gasteiger partial charge in [-0.2, -0.15) is 0 Å². The van der Waals surface area contributed by atoms with Crippen molar-refractivity contribution in [2.24, 2.45) is 11.8 Å². The lowest BCUT2D eigenvalue weighted by Gasteiger charge is -2.38. The van der Waals surface area contributed by atoms with Crippen LogP contribution in [0.15, 0.2) is 18.3 Å². The van der Waals surface area contributed by atoms with Crippen LogP contribution in [0.3, 0.4) is 0 Å². The molecule has 1 aromatic rings. The van der Waals surface area contributed by atoms with Gasteiger partial charge < -0.3 is 9.80 Å². The minimum atomic E-state index is 0.814. The van der Waals surface area contributed by atoms with E-state index in [1.807, 2.05) is 6.20 Å². The van der Waals surface area contributed by atoms with Gasteiger partial charge in [0.25, 0.3) is 0 Å². The molecule has 2 fully saturated rings. The number of anilines is 1. The number of hydrogen-bond acceptors (Lipinski definition) is 3. The average molecular weight is 287 g/mol. The Kier molecular flexibility index (Phi) is 4.79. The molecule has 2 aliphatic heterocycles. The molecule has 1 aromatic heterocycles. The molecule has 0 aliphatic carbocycles. The van der Waals surface area contributed by atoms with Gasteiger partial charge in [-0.3, -0.25) is 0 Å². The highest BCUT2D eigenvalue weighted by Crippen LogP contribution is 2.24. The highest BCUT2D eigenvalue weighted by atomic mass is 15.2. The van der Waals surface area contributed by atoms with Crippen molar-refractivity contribution in [3.63, 3.8) is 0 Å². The van der Waals surface area contributed by atoms with E-state index in [0.717, 1.165) is 11.8 Å². The van der Waals surface area contributed by atoms with E-state index in [1.54, 1.807) is 0 Å². The van der Waals surface area contributed by atoms with Crippen molar-refractivity contribution in [2.75, 3.05) is 37.6 Å². The fraction of sp³-hybridized carbons (Fsp3) is 0.722. The van der Waals surface area contributed by atoms with E-state index in [1.165, 1.54) is 69.8 Å². The van der Waals surface area contributed by atoms with Gasteiger partial charge in [0.1, 0.15) is 5.82 Å². The minimum Gasteiger partial charge on any atom is -0.356 e. The zero-order valence-electron chi connectivity index (χ0n) is 13.6. The zero-order valence-corrected chi connectivity index (χ0v) is 13.6. The molecule has 1 unspecified atom stereocenters. The summed E-state index contributed by atoms with van der Waals surface area (Å²) in [7, 11) is 0. The smallest absolute Gasteiger partial charge is 0.128 e. The Labute approximate surface area is 129 Å². The van der Waals surface area contributed by atoms with Crippen molar-refractivity contribution in [1.29, 1.82) is 0 Å². The average Bonchev–Trinajstić information content (AvgIpc) is 2.50. The summed E-state index contributed by atoms with van der Waals surface area (Å²) in [4.78, 5) is 9.75. The monoisotopic (exact) mass is 287 g/mol. The van der Waals surface area contributed by atoms with Gasteiger partial charge in [-0.25, -0.2) is 4.98 Å². The summed E-state index contributed by atoms with van der Waals surface area (Å²) in [5.41, 5.74) is 1.31. The molecule has 0 radical (unpaired) electrons. The second-order valence-corrected chi connectivity index (χ2v) is 7.13. The maximum Gasteiger partial charge on any atom is 0.128 e. The van der Waals surface area contributed by atoms with Crippen LogP contribution >= 0.6 is 0 Å². The third-order valence-corrected chi connectivity index (χ3v) is 5.14. The second-order valence-electron chi connectivity index (χ2n) is 7.13. The molecule has 0 bridgehead atoms. The summed E-state index contributed by atoms with van der Waals surface area (Å²) in [5, 5.41) is 0. The van der Waals surface area contributed by atoms with Crippen LogP contribution in [0.1, 0.15) is 38.2 Å². The molecular weight excluding hydrogens is 258 g/mol. The van der Waals surface area contributed by atoms with Gasteiger partial charge >= 0.3 is 0 Å². The number of piperidine rings is 2. The third-order valence-electron chi connectivity index (χ3n) is 5.14. The van der Waals surface area contributed by atoms with Crippen molar-refractivity contribution in [2.45, 2.75) is 39.5 Å². The van der Waals surface area contributed by atoms with Crippen molar-refractivity contribution < 1.29 is 0 Å². The highest BCUT2D eigenvalue weighted by molar-refractivity contribution is 5.41. The zero-order chi connectivity index (χ0) is 14.7. The Balaban J connectivity index is 1.56. The van der Waals surface area contributed by atoms with Crippen LogP contribution in [0, 0.1) is 18.8 Å². The lowest BCUT2D eigenvalue weighted by molar-refractivity contribution is 0.159. The quantitative estimate of drug-likeness (QED) is 0.850. The first-order valence-electron chi connectivity index (χ1n) is 8.60. The molecule has 3 rings (SSSR count). The summed E-state index contributed by atoms with van der Waals surface area (Å²) >= 11 is 0. The van der Waals surface area contributed by atoms with Crippen molar-refractivity contribution in [3.8, 4) is 0 Å². The molecule has 0 aromatic carbocycles. The van der Waals surface area contributed by atoms with Crippen molar-refractivity contribution in [3.05, 3.63) is 23.9 Å². The first-order chi connectivity index (χ1) is 10.2. The maximum absolute atomic E-state index is 4.57. The predicted molar refractivity (Wildman–Crippen MR) is 88.7 cm³/mol. The molecule has 3 heteroatoms.